The van der Waals surface area contributed by atoms with E-state index >= 15 is 0 Å². The van der Waals surface area contributed by atoms with Gasteiger partial charge in [0.25, 0.3) is 0 Å². The van der Waals surface area contributed by atoms with E-state index in [2.05, 4.69) is 0 Å². The molecule has 1 unspecified atom stereocenters. The molecule has 1 atom stereocenters. The van der Waals surface area contributed by atoms with Crippen molar-refractivity contribution in [2.24, 2.45) is 0 Å². The maximum absolute atomic E-state index is 12.4. The van der Waals surface area contributed by atoms with Gasteiger partial charge in [-0.2, -0.15) is 0 Å². The molecule has 0 aliphatic carbocycles. The van der Waals surface area contributed by atoms with Crippen molar-refractivity contribution in [3.05, 3.63) is 71.8 Å². The summed E-state index contributed by atoms with van der Waals surface area (Å²) >= 11 is 0. The number of benzene rings is 2. The molecule has 0 amide bonds. The molecule has 0 aromatic heterocycles. The molecule has 2 aromatic rings. The van der Waals surface area contributed by atoms with Gasteiger partial charge in [-0.3, -0.25) is 4.79 Å². The van der Waals surface area contributed by atoms with Gasteiger partial charge in [0.15, 0.2) is 0 Å². The van der Waals surface area contributed by atoms with Crippen LogP contribution in [0, 0.1) is 0 Å². The van der Waals surface area contributed by atoms with Gasteiger partial charge in [-0.25, -0.2) is 8.51 Å². The lowest BCUT2D eigenvalue weighted by molar-refractivity contribution is -0.114. The number of hydrogen-bond donors (Lipinski definition) is 0. The van der Waals surface area contributed by atoms with E-state index in [1.54, 1.807) is 11.4 Å². The fourth-order valence-corrected chi connectivity index (χ4v) is 3.31. The summed E-state index contributed by atoms with van der Waals surface area (Å²) in [6.45, 7) is 1.46. The fraction of sp³-hybridized carbons (Fsp3) is 0.235. The minimum Gasteiger partial charge on any atom is -0.299 e. The van der Waals surface area contributed by atoms with E-state index in [9.17, 15) is 9.00 Å². The van der Waals surface area contributed by atoms with E-state index in [0.29, 0.717) is 0 Å². The van der Waals surface area contributed by atoms with Gasteiger partial charge in [0, 0.05) is 7.05 Å². The molecular formula is C17H19NO2S. The maximum Gasteiger partial charge on any atom is 0.143 e. The Morgan fingerprint density at radius 3 is 1.81 bits per heavy atom. The second-order valence-corrected chi connectivity index (χ2v) is 6.45. The fourth-order valence-electron chi connectivity index (χ4n) is 2.28. The third kappa shape index (κ3) is 4.09. The van der Waals surface area contributed by atoms with Gasteiger partial charge in [-0.05, 0) is 18.1 Å². The number of hydrogen-bond acceptors (Lipinski definition) is 2. The molecule has 0 radical (unpaired) electrons. The van der Waals surface area contributed by atoms with Crippen LogP contribution in [0.25, 0.3) is 0 Å². The molecule has 0 aliphatic rings. The largest absolute Gasteiger partial charge is 0.299 e. The smallest absolute Gasteiger partial charge is 0.143 e. The number of carbonyl (C=O) groups is 1. The average molecular weight is 301 g/mol. The minimum atomic E-state index is -1.34. The van der Waals surface area contributed by atoms with E-state index in [0.717, 1.165) is 11.1 Å². The summed E-state index contributed by atoms with van der Waals surface area (Å²) in [5.41, 5.74) is 2.12. The van der Waals surface area contributed by atoms with Gasteiger partial charge in [0.2, 0.25) is 0 Å². The Kier molecular flexibility index (Phi) is 5.42. The summed E-state index contributed by atoms with van der Waals surface area (Å²) in [5, 5.41) is 0. The van der Waals surface area contributed by atoms with E-state index < -0.39 is 11.0 Å². The van der Waals surface area contributed by atoms with Crippen LogP contribution in [0.4, 0.5) is 0 Å². The van der Waals surface area contributed by atoms with Crippen molar-refractivity contribution >= 4 is 16.8 Å². The van der Waals surface area contributed by atoms with Crippen LogP contribution in [-0.4, -0.2) is 27.1 Å². The molecule has 0 aliphatic heterocycles. The topological polar surface area (TPSA) is 37.4 Å². The zero-order valence-electron chi connectivity index (χ0n) is 12.2. The molecule has 0 saturated heterocycles. The van der Waals surface area contributed by atoms with Crippen molar-refractivity contribution in [2.75, 3.05) is 12.8 Å². The second kappa shape index (κ2) is 7.29. The van der Waals surface area contributed by atoms with Crippen molar-refractivity contribution in [2.45, 2.75) is 13.0 Å². The SMILES string of the molecule is CC(=O)CS(=O)N(C)C(c1ccccc1)c1ccccc1. The number of Topliss-reactive ketones (excluding diaryl/α,β-unsaturated/α-hetero) is 1. The Labute approximate surface area is 128 Å². The normalized spacial score (nSPS) is 12.6. The van der Waals surface area contributed by atoms with E-state index in [4.69, 9.17) is 0 Å². The van der Waals surface area contributed by atoms with Crippen molar-refractivity contribution in [1.82, 2.24) is 4.31 Å². The third-order valence-corrected chi connectivity index (χ3v) is 4.75. The number of ketones is 1. The predicted molar refractivity (Wildman–Crippen MR) is 86.2 cm³/mol. The van der Waals surface area contributed by atoms with Crippen LogP contribution in [-0.2, 0) is 15.8 Å². The first kappa shape index (κ1) is 15.6. The Morgan fingerprint density at radius 2 is 1.43 bits per heavy atom. The van der Waals surface area contributed by atoms with Crippen LogP contribution in [0.2, 0.25) is 0 Å². The molecule has 21 heavy (non-hydrogen) atoms. The molecule has 3 nitrogen and oxygen atoms in total. The first-order valence-corrected chi connectivity index (χ1v) is 8.08. The van der Waals surface area contributed by atoms with E-state index in [1.807, 2.05) is 60.7 Å². The van der Waals surface area contributed by atoms with Crippen molar-refractivity contribution in [3.8, 4) is 0 Å². The number of carbonyl (C=O) groups excluding carboxylic acids is 1. The summed E-state index contributed by atoms with van der Waals surface area (Å²) in [6.07, 6.45) is 0. The van der Waals surface area contributed by atoms with Gasteiger partial charge in [0.05, 0.1) is 11.8 Å². The Bertz CT molecular complexity index is 574. The highest BCUT2D eigenvalue weighted by molar-refractivity contribution is 7.83. The van der Waals surface area contributed by atoms with Crippen molar-refractivity contribution in [3.63, 3.8) is 0 Å². The summed E-state index contributed by atoms with van der Waals surface area (Å²) in [7, 11) is 0.453. The zero-order chi connectivity index (χ0) is 15.2. The van der Waals surface area contributed by atoms with Crippen LogP contribution in [0.15, 0.2) is 60.7 Å². The molecule has 110 valence electrons. The molecule has 2 aromatic carbocycles. The highest BCUT2D eigenvalue weighted by Crippen LogP contribution is 2.28. The molecule has 0 saturated carbocycles. The first-order chi connectivity index (χ1) is 10.1. The lowest BCUT2D eigenvalue weighted by Crippen LogP contribution is -2.30. The van der Waals surface area contributed by atoms with Gasteiger partial charge in [-0.1, -0.05) is 60.7 Å². The Morgan fingerprint density at radius 1 is 1.00 bits per heavy atom. The Hall–Kier alpha value is -1.78. The number of rotatable bonds is 6. The highest BCUT2D eigenvalue weighted by atomic mass is 32.2. The van der Waals surface area contributed by atoms with Crippen LogP contribution >= 0.6 is 0 Å². The van der Waals surface area contributed by atoms with Gasteiger partial charge in [-0.15, -0.1) is 0 Å². The molecule has 0 spiro atoms. The molecule has 4 heteroatoms. The van der Waals surface area contributed by atoms with Crippen LogP contribution in [0.1, 0.15) is 24.1 Å². The third-order valence-electron chi connectivity index (χ3n) is 3.24. The van der Waals surface area contributed by atoms with E-state index in [-0.39, 0.29) is 17.6 Å². The highest BCUT2D eigenvalue weighted by Gasteiger charge is 2.23. The van der Waals surface area contributed by atoms with Crippen molar-refractivity contribution < 1.29 is 9.00 Å². The molecule has 2 rings (SSSR count). The first-order valence-electron chi connectivity index (χ1n) is 6.80. The summed E-state index contributed by atoms with van der Waals surface area (Å²) in [5.74, 6) is -0.0211. The molecular weight excluding hydrogens is 282 g/mol. The van der Waals surface area contributed by atoms with Gasteiger partial charge in [0.1, 0.15) is 16.8 Å². The number of nitrogens with zero attached hydrogens (tertiary/aromatic N) is 1. The molecule has 0 fully saturated rings. The summed E-state index contributed by atoms with van der Waals surface area (Å²) in [6, 6.07) is 19.7. The zero-order valence-corrected chi connectivity index (χ0v) is 13.0. The molecule has 0 N–H and O–H groups in total. The monoisotopic (exact) mass is 301 g/mol. The standard InChI is InChI=1S/C17H19NO2S/c1-14(19)13-21(20)18(2)17(15-9-5-3-6-10-15)16-11-7-4-8-12-16/h3-12,17H,13H2,1-2H3. The second-order valence-electron chi connectivity index (χ2n) is 4.94. The quantitative estimate of drug-likeness (QED) is 0.822. The Balaban J connectivity index is 2.37. The van der Waals surface area contributed by atoms with Gasteiger partial charge >= 0.3 is 0 Å². The van der Waals surface area contributed by atoms with Gasteiger partial charge < -0.3 is 0 Å². The van der Waals surface area contributed by atoms with Crippen LogP contribution in [0.3, 0.4) is 0 Å². The summed E-state index contributed by atoms with van der Waals surface area (Å²) in [4.78, 5) is 11.2. The maximum atomic E-state index is 12.4. The molecule has 0 heterocycles. The average Bonchev–Trinajstić information content (AvgIpc) is 2.49. The predicted octanol–water partition coefficient (Wildman–Crippen LogP) is 2.96. The summed E-state index contributed by atoms with van der Waals surface area (Å²) < 4.78 is 14.1. The van der Waals surface area contributed by atoms with Crippen molar-refractivity contribution in [1.29, 1.82) is 0 Å². The molecule has 0 bridgehead atoms. The lowest BCUT2D eigenvalue weighted by atomic mass is 9.99. The minimum absolute atomic E-state index is 0.0483. The van der Waals surface area contributed by atoms with Crippen LogP contribution < -0.4 is 0 Å². The van der Waals surface area contributed by atoms with Crippen LogP contribution in [0.5, 0.6) is 0 Å². The lowest BCUT2D eigenvalue weighted by Gasteiger charge is -2.27. The van der Waals surface area contributed by atoms with E-state index in [1.165, 1.54) is 6.92 Å².